The van der Waals surface area contributed by atoms with E-state index in [1.54, 1.807) is 6.92 Å². The number of hydrogen-bond donors (Lipinski definition) is 1. The zero-order chi connectivity index (χ0) is 9.56. The summed E-state index contributed by atoms with van der Waals surface area (Å²) < 4.78 is 4.60. The Labute approximate surface area is 71.5 Å². The van der Waals surface area contributed by atoms with Gasteiger partial charge in [0.2, 0.25) is 0 Å². The summed E-state index contributed by atoms with van der Waals surface area (Å²) >= 11 is 0. The van der Waals surface area contributed by atoms with Gasteiger partial charge >= 0.3 is 5.97 Å². The van der Waals surface area contributed by atoms with Gasteiger partial charge in [0.05, 0.1) is 13.0 Å². The van der Waals surface area contributed by atoms with Crippen LogP contribution in [0.5, 0.6) is 0 Å². The number of carbonyl (C=O) groups excluding carboxylic acids is 2. The number of Topliss-reactive ketones (excluding diaryl/α,β-unsaturated/α-hetero) is 1. The van der Waals surface area contributed by atoms with Gasteiger partial charge in [-0.05, 0) is 13.8 Å². The van der Waals surface area contributed by atoms with E-state index in [9.17, 15) is 9.59 Å². The molecule has 0 saturated heterocycles. The monoisotopic (exact) mass is 174 g/mol. The fourth-order valence-electron chi connectivity index (χ4n) is 0.667. The van der Waals surface area contributed by atoms with Crippen molar-refractivity contribution >= 4 is 11.8 Å². The van der Waals surface area contributed by atoms with Gasteiger partial charge in [0.25, 0.3) is 0 Å². The highest BCUT2D eigenvalue weighted by Gasteiger charge is 2.11. The summed E-state index contributed by atoms with van der Waals surface area (Å²) in [6.07, 6.45) is -0.881. The molecule has 4 heteroatoms. The molecule has 0 aliphatic carbocycles. The van der Waals surface area contributed by atoms with Crippen LogP contribution in [0.15, 0.2) is 0 Å². The van der Waals surface area contributed by atoms with Crippen molar-refractivity contribution in [1.29, 1.82) is 0 Å². The molecule has 0 saturated carbocycles. The van der Waals surface area contributed by atoms with Crippen molar-refractivity contribution in [1.82, 2.24) is 0 Å². The molecule has 1 atom stereocenters. The van der Waals surface area contributed by atoms with Crippen molar-refractivity contribution in [3.8, 4) is 0 Å². The van der Waals surface area contributed by atoms with Crippen LogP contribution in [0.4, 0.5) is 0 Å². The second kappa shape index (κ2) is 5.71. The van der Waals surface area contributed by atoms with Crippen molar-refractivity contribution in [3.05, 3.63) is 0 Å². The molecule has 0 unspecified atom stereocenters. The lowest BCUT2D eigenvalue weighted by molar-refractivity contribution is -0.144. The number of rotatable bonds is 5. The molecule has 0 aromatic carbocycles. The average molecular weight is 174 g/mol. The zero-order valence-electron chi connectivity index (χ0n) is 7.37. The van der Waals surface area contributed by atoms with E-state index in [0.717, 1.165) is 0 Å². The lowest BCUT2D eigenvalue weighted by Gasteiger charge is -2.02. The second-order valence-electron chi connectivity index (χ2n) is 2.45. The van der Waals surface area contributed by atoms with E-state index in [0.29, 0.717) is 6.61 Å². The maximum Gasteiger partial charge on any atom is 0.306 e. The van der Waals surface area contributed by atoms with E-state index >= 15 is 0 Å². The third-order valence-electron chi connectivity index (χ3n) is 1.35. The van der Waals surface area contributed by atoms with Crippen LogP contribution < -0.4 is 0 Å². The van der Waals surface area contributed by atoms with Crippen molar-refractivity contribution in [2.45, 2.75) is 32.8 Å². The Balaban J connectivity index is 3.54. The molecule has 4 nitrogen and oxygen atoms in total. The van der Waals surface area contributed by atoms with Crippen molar-refractivity contribution in [2.75, 3.05) is 6.61 Å². The molecule has 0 heterocycles. The van der Waals surface area contributed by atoms with Gasteiger partial charge in [-0.25, -0.2) is 0 Å². The van der Waals surface area contributed by atoms with Gasteiger partial charge in [-0.1, -0.05) is 0 Å². The first kappa shape index (κ1) is 11.1. The molecule has 0 aromatic heterocycles. The minimum absolute atomic E-state index is 0.0521. The summed E-state index contributed by atoms with van der Waals surface area (Å²) in [4.78, 5) is 21.5. The Hall–Kier alpha value is -0.900. The summed E-state index contributed by atoms with van der Waals surface area (Å²) in [5, 5.41) is 8.76. The number of hydrogen-bond acceptors (Lipinski definition) is 4. The summed E-state index contributed by atoms with van der Waals surface area (Å²) in [7, 11) is 0. The van der Waals surface area contributed by atoms with Crippen molar-refractivity contribution in [3.63, 3.8) is 0 Å². The minimum atomic E-state index is -0.987. The van der Waals surface area contributed by atoms with E-state index in [1.165, 1.54) is 6.92 Å². The molecular weight excluding hydrogens is 160 g/mol. The molecule has 0 bridgehead atoms. The third kappa shape index (κ3) is 4.85. The number of ketones is 1. The molecule has 0 fully saturated rings. The highest BCUT2D eigenvalue weighted by Crippen LogP contribution is 1.97. The first-order chi connectivity index (χ1) is 5.57. The van der Waals surface area contributed by atoms with Gasteiger partial charge in [-0.15, -0.1) is 0 Å². The maximum absolute atomic E-state index is 10.8. The van der Waals surface area contributed by atoms with E-state index in [1.807, 2.05) is 0 Å². The Morgan fingerprint density at radius 3 is 2.42 bits per heavy atom. The molecule has 0 aromatic rings. The second-order valence-corrected chi connectivity index (χ2v) is 2.45. The SMILES string of the molecule is CCOC(=O)CCC(=O)[C@@H](C)O. The van der Waals surface area contributed by atoms with Crippen LogP contribution in [0.3, 0.4) is 0 Å². The summed E-state index contributed by atoms with van der Waals surface area (Å²) in [5.74, 6) is -0.727. The Morgan fingerprint density at radius 2 is 2.00 bits per heavy atom. The fourth-order valence-corrected chi connectivity index (χ4v) is 0.667. The molecule has 0 rings (SSSR count). The largest absolute Gasteiger partial charge is 0.466 e. The number of aliphatic hydroxyl groups is 1. The van der Waals surface area contributed by atoms with E-state index in [-0.39, 0.29) is 18.6 Å². The maximum atomic E-state index is 10.8. The quantitative estimate of drug-likeness (QED) is 0.608. The van der Waals surface area contributed by atoms with Crippen LogP contribution in [0.2, 0.25) is 0 Å². The fraction of sp³-hybridized carbons (Fsp3) is 0.750. The third-order valence-corrected chi connectivity index (χ3v) is 1.35. The molecule has 12 heavy (non-hydrogen) atoms. The Kier molecular flexibility index (Phi) is 5.28. The number of ether oxygens (including phenoxy) is 1. The molecule has 0 aliphatic rings. The van der Waals surface area contributed by atoms with Crippen LogP contribution in [-0.4, -0.2) is 29.6 Å². The van der Waals surface area contributed by atoms with E-state index < -0.39 is 12.1 Å². The lowest BCUT2D eigenvalue weighted by Crippen LogP contribution is -2.17. The smallest absolute Gasteiger partial charge is 0.306 e. The molecular formula is C8H14O4. The zero-order valence-corrected chi connectivity index (χ0v) is 7.37. The Morgan fingerprint density at radius 1 is 1.42 bits per heavy atom. The lowest BCUT2D eigenvalue weighted by atomic mass is 10.1. The standard InChI is InChI=1S/C8H14O4/c1-3-12-8(11)5-4-7(10)6(2)9/h6,9H,3-5H2,1-2H3/t6-/m1/s1. The topological polar surface area (TPSA) is 63.6 Å². The van der Waals surface area contributed by atoms with Gasteiger partial charge < -0.3 is 9.84 Å². The Bertz CT molecular complexity index is 162. The van der Waals surface area contributed by atoms with Crippen LogP contribution >= 0.6 is 0 Å². The van der Waals surface area contributed by atoms with Crippen molar-refractivity contribution in [2.24, 2.45) is 0 Å². The minimum Gasteiger partial charge on any atom is -0.466 e. The van der Waals surface area contributed by atoms with Crippen LogP contribution in [0, 0.1) is 0 Å². The van der Waals surface area contributed by atoms with Gasteiger partial charge in [-0.3, -0.25) is 9.59 Å². The molecule has 0 amide bonds. The van der Waals surface area contributed by atoms with Crippen LogP contribution in [-0.2, 0) is 14.3 Å². The van der Waals surface area contributed by atoms with E-state index in [4.69, 9.17) is 5.11 Å². The number of carbonyl (C=O) groups is 2. The predicted octanol–water partition coefficient (Wildman–Crippen LogP) is 0.280. The van der Waals surface area contributed by atoms with E-state index in [2.05, 4.69) is 4.74 Å². The first-order valence-corrected chi connectivity index (χ1v) is 3.94. The molecule has 0 aliphatic heterocycles. The van der Waals surface area contributed by atoms with Crippen molar-refractivity contribution < 1.29 is 19.4 Å². The summed E-state index contributed by atoms with van der Waals surface area (Å²) in [6.45, 7) is 3.41. The molecule has 1 N–H and O–H groups in total. The molecule has 0 radical (unpaired) electrons. The van der Waals surface area contributed by atoms with Gasteiger partial charge in [0.1, 0.15) is 6.10 Å². The van der Waals surface area contributed by atoms with Gasteiger partial charge in [0.15, 0.2) is 5.78 Å². The predicted molar refractivity (Wildman–Crippen MR) is 42.6 cm³/mol. The normalized spacial score (nSPS) is 12.2. The summed E-state index contributed by atoms with van der Waals surface area (Å²) in [5.41, 5.74) is 0. The highest BCUT2D eigenvalue weighted by atomic mass is 16.5. The average Bonchev–Trinajstić information content (AvgIpc) is 2.00. The highest BCUT2D eigenvalue weighted by molar-refractivity contribution is 5.85. The van der Waals surface area contributed by atoms with Crippen LogP contribution in [0.25, 0.3) is 0 Å². The first-order valence-electron chi connectivity index (χ1n) is 3.94. The number of aliphatic hydroxyl groups excluding tert-OH is 1. The van der Waals surface area contributed by atoms with Gasteiger partial charge in [-0.2, -0.15) is 0 Å². The number of esters is 1. The van der Waals surface area contributed by atoms with Gasteiger partial charge in [0, 0.05) is 6.42 Å². The summed E-state index contributed by atoms with van der Waals surface area (Å²) in [6, 6.07) is 0. The van der Waals surface area contributed by atoms with Crippen LogP contribution in [0.1, 0.15) is 26.7 Å². The molecule has 0 spiro atoms. The molecule has 70 valence electrons.